The van der Waals surface area contributed by atoms with E-state index in [0.29, 0.717) is 19.5 Å². The van der Waals surface area contributed by atoms with Crippen LogP contribution in [0.15, 0.2) is 48.5 Å². The van der Waals surface area contributed by atoms with E-state index >= 15 is 0 Å². The summed E-state index contributed by atoms with van der Waals surface area (Å²) < 4.78 is 19.1. The van der Waals surface area contributed by atoms with Crippen molar-refractivity contribution in [2.75, 3.05) is 31.1 Å². The molecule has 1 aliphatic heterocycles. The topological polar surface area (TPSA) is 32.8 Å². The van der Waals surface area contributed by atoms with Gasteiger partial charge in [-0.1, -0.05) is 39.8 Å². The lowest BCUT2D eigenvalue weighted by Crippen LogP contribution is -2.52. The molecule has 0 aliphatic carbocycles. The number of halogens is 1. The van der Waals surface area contributed by atoms with Crippen LogP contribution in [-0.4, -0.2) is 43.1 Å². The SMILES string of the molecule is CC[C@H](Oc1ccc(C(C)(C)C)cc1)C(=O)N1CCN(c2ccc(F)cc2)CC1. The molecular formula is C24H31FN2O2. The van der Waals surface area contributed by atoms with Crippen molar-refractivity contribution in [1.82, 2.24) is 4.90 Å². The van der Waals surface area contributed by atoms with E-state index in [4.69, 9.17) is 4.74 Å². The predicted octanol–water partition coefficient (Wildman–Crippen LogP) is 4.63. The third-order valence-corrected chi connectivity index (χ3v) is 5.43. The summed E-state index contributed by atoms with van der Waals surface area (Å²) in [4.78, 5) is 17.0. The first-order valence-electron chi connectivity index (χ1n) is 10.3. The minimum Gasteiger partial charge on any atom is -0.481 e. The second-order valence-corrected chi connectivity index (χ2v) is 8.58. The highest BCUT2D eigenvalue weighted by atomic mass is 19.1. The Morgan fingerprint density at radius 1 is 1.00 bits per heavy atom. The maximum absolute atomic E-state index is 13.1. The summed E-state index contributed by atoms with van der Waals surface area (Å²) in [6, 6.07) is 14.5. The molecule has 2 aromatic rings. The molecule has 1 amide bonds. The van der Waals surface area contributed by atoms with Gasteiger partial charge in [0.05, 0.1) is 0 Å². The van der Waals surface area contributed by atoms with Crippen molar-refractivity contribution < 1.29 is 13.9 Å². The lowest BCUT2D eigenvalue weighted by atomic mass is 9.87. The summed E-state index contributed by atoms with van der Waals surface area (Å²) in [5, 5.41) is 0. The first kappa shape index (κ1) is 21.2. The summed E-state index contributed by atoms with van der Waals surface area (Å²) in [5.41, 5.74) is 2.31. The number of ether oxygens (including phenoxy) is 1. The van der Waals surface area contributed by atoms with E-state index in [1.54, 1.807) is 12.1 Å². The average molecular weight is 399 g/mol. The maximum Gasteiger partial charge on any atom is 0.263 e. The van der Waals surface area contributed by atoms with Crippen molar-refractivity contribution in [2.45, 2.75) is 45.6 Å². The highest BCUT2D eigenvalue weighted by molar-refractivity contribution is 5.81. The highest BCUT2D eigenvalue weighted by Crippen LogP contribution is 2.25. The summed E-state index contributed by atoms with van der Waals surface area (Å²) in [6.07, 6.45) is 0.144. The van der Waals surface area contributed by atoms with Crippen molar-refractivity contribution in [3.05, 3.63) is 59.9 Å². The molecule has 1 saturated heterocycles. The molecule has 1 fully saturated rings. The molecule has 0 radical (unpaired) electrons. The van der Waals surface area contributed by atoms with Crippen LogP contribution in [0.5, 0.6) is 5.75 Å². The molecule has 2 aromatic carbocycles. The molecule has 29 heavy (non-hydrogen) atoms. The molecule has 156 valence electrons. The van der Waals surface area contributed by atoms with Crippen LogP contribution in [0.25, 0.3) is 0 Å². The van der Waals surface area contributed by atoms with E-state index in [-0.39, 0.29) is 17.1 Å². The van der Waals surface area contributed by atoms with Crippen LogP contribution < -0.4 is 9.64 Å². The number of benzene rings is 2. The standard InChI is InChI=1S/C24H31FN2O2/c1-5-22(29-21-12-6-18(7-13-21)24(2,3)4)23(28)27-16-14-26(15-17-27)20-10-8-19(25)9-11-20/h6-13,22H,5,14-17H2,1-4H3/t22-/m0/s1. The third-order valence-electron chi connectivity index (χ3n) is 5.43. The molecule has 0 aromatic heterocycles. The Morgan fingerprint density at radius 2 is 1.59 bits per heavy atom. The van der Waals surface area contributed by atoms with Crippen LogP contribution in [0.3, 0.4) is 0 Å². The Morgan fingerprint density at radius 3 is 2.10 bits per heavy atom. The van der Waals surface area contributed by atoms with Gasteiger partial charge in [-0.15, -0.1) is 0 Å². The van der Waals surface area contributed by atoms with E-state index in [0.717, 1.165) is 24.5 Å². The number of hydrogen-bond acceptors (Lipinski definition) is 3. The fourth-order valence-corrected chi connectivity index (χ4v) is 3.55. The summed E-state index contributed by atoms with van der Waals surface area (Å²) in [6.45, 7) is 11.2. The first-order chi connectivity index (χ1) is 13.8. The van der Waals surface area contributed by atoms with Crippen LogP contribution >= 0.6 is 0 Å². The molecule has 0 saturated carbocycles. The summed E-state index contributed by atoms with van der Waals surface area (Å²) >= 11 is 0. The Balaban J connectivity index is 1.58. The Kier molecular flexibility index (Phi) is 6.46. The molecule has 4 nitrogen and oxygen atoms in total. The van der Waals surface area contributed by atoms with Gasteiger partial charge in [-0.3, -0.25) is 4.79 Å². The van der Waals surface area contributed by atoms with Crippen molar-refractivity contribution in [2.24, 2.45) is 0 Å². The number of anilines is 1. The molecule has 0 N–H and O–H groups in total. The van der Waals surface area contributed by atoms with Gasteiger partial charge in [0.15, 0.2) is 6.10 Å². The van der Waals surface area contributed by atoms with Gasteiger partial charge >= 0.3 is 0 Å². The average Bonchev–Trinajstić information content (AvgIpc) is 2.72. The molecule has 1 aliphatic rings. The molecule has 0 bridgehead atoms. The number of hydrogen-bond donors (Lipinski definition) is 0. The molecule has 1 atom stereocenters. The lowest BCUT2D eigenvalue weighted by Gasteiger charge is -2.37. The maximum atomic E-state index is 13.1. The first-order valence-corrected chi connectivity index (χ1v) is 10.3. The van der Waals surface area contributed by atoms with Gasteiger partial charge in [0, 0.05) is 31.9 Å². The second-order valence-electron chi connectivity index (χ2n) is 8.58. The van der Waals surface area contributed by atoms with Gasteiger partial charge in [-0.2, -0.15) is 0 Å². The largest absolute Gasteiger partial charge is 0.481 e. The number of carbonyl (C=O) groups is 1. The number of piperazine rings is 1. The predicted molar refractivity (Wildman–Crippen MR) is 115 cm³/mol. The third kappa shape index (κ3) is 5.28. The van der Waals surface area contributed by atoms with E-state index < -0.39 is 6.10 Å². The van der Waals surface area contributed by atoms with Crippen LogP contribution in [0, 0.1) is 5.82 Å². The smallest absolute Gasteiger partial charge is 0.263 e. The quantitative estimate of drug-likeness (QED) is 0.736. The Labute approximate surface area is 173 Å². The van der Waals surface area contributed by atoms with Gasteiger partial charge in [0.2, 0.25) is 0 Å². The number of rotatable bonds is 5. The number of amides is 1. The van der Waals surface area contributed by atoms with E-state index in [1.807, 2.05) is 24.0 Å². The lowest BCUT2D eigenvalue weighted by molar-refractivity contribution is -0.139. The summed E-state index contributed by atoms with van der Waals surface area (Å²) in [7, 11) is 0. The van der Waals surface area contributed by atoms with Crippen LogP contribution in [0.1, 0.15) is 39.7 Å². The van der Waals surface area contributed by atoms with E-state index in [1.165, 1.54) is 17.7 Å². The fourth-order valence-electron chi connectivity index (χ4n) is 3.55. The molecule has 3 rings (SSSR count). The van der Waals surface area contributed by atoms with Crippen molar-refractivity contribution in [1.29, 1.82) is 0 Å². The summed E-state index contributed by atoms with van der Waals surface area (Å²) in [5.74, 6) is 0.523. The van der Waals surface area contributed by atoms with Gasteiger partial charge in [-0.05, 0) is 53.8 Å². The monoisotopic (exact) mass is 398 g/mol. The van der Waals surface area contributed by atoms with Crippen molar-refractivity contribution >= 4 is 11.6 Å². The van der Waals surface area contributed by atoms with E-state index in [2.05, 4.69) is 37.8 Å². The minimum absolute atomic E-state index is 0.0335. The van der Waals surface area contributed by atoms with Crippen molar-refractivity contribution in [3.8, 4) is 5.75 Å². The van der Waals surface area contributed by atoms with Gasteiger partial charge in [0.25, 0.3) is 5.91 Å². The van der Waals surface area contributed by atoms with Crippen LogP contribution in [0.4, 0.5) is 10.1 Å². The van der Waals surface area contributed by atoms with E-state index in [9.17, 15) is 9.18 Å². The fraction of sp³-hybridized carbons (Fsp3) is 0.458. The van der Waals surface area contributed by atoms with Crippen LogP contribution in [0.2, 0.25) is 0 Å². The zero-order valence-electron chi connectivity index (χ0n) is 17.8. The highest BCUT2D eigenvalue weighted by Gasteiger charge is 2.28. The Bertz CT molecular complexity index is 804. The molecule has 0 spiro atoms. The molecule has 5 heteroatoms. The van der Waals surface area contributed by atoms with Crippen molar-refractivity contribution in [3.63, 3.8) is 0 Å². The van der Waals surface area contributed by atoms with Gasteiger partial charge < -0.3 is 14.5 Å². The Hall–Kier alpha value is -2.56. The molecule has 0 unspecified atom stereocenters. The number of nitrogens with zero attached hydrogens (tertiary/aromatic N) is 2. The molecular weight excluding hydrogens is 367 g/mol. The minimum atomic E-state index is -0.479. The molecule has 1 heterocycles. The second kappa shape index (κ2) is 8.85. The van der Waals surface area contributed by atoms with Crippen LogP contribution in [-0.2, 0) is 10.2 Å². The zero-order valence-corrected chi connectivity index (χ0v) is 17.8. The normalized spacial score (nSPS) is 15.9. The van der Waals surface area contributed by atoms with Gasteiger partial charge in [-0.25, -0.2) is 4.39 Å². The number of carbonyl (C=O) groups excluding carboxylic acids is 1. The van der Waals surface area contributed by atoms with Gasteiger partial charge in [0.1, 0.15) is 11.6 Å². The zero-order chi connectivity index (χ0) is 21.0.